The molecule has 0 saturated heterocycles. The molecule has 0 spiro atoms. The normalized spacial score (nSPS) is 13.5. The van der Waals surface area contributed by atoms with Gasteiger partial charge < -0.3 is 16.0 Å². The molecule has 1 fully saturated rings. The number of nitrogens with two attached hydrogens (primary N) is 1. The zero-order valence-electron chi connectivity index (χ0n) is 17.8. The minimum atomic E-state index is -0.680. The van der Waals surface area contributed by atoms with Crippen molar-refractivity contribution in [3.05, 3.63) is 64.6 Å². The third-order valence-electron chi connectivity index (χ3n) is 5.83. The molecule has 1 aliphatic carbocycles. The lowest BCUT2D eigenvalue weighted by Crippen LogP contribution is -2.50. The zero-order chi connectivity index (χ0) is 23.5. The van der Waals surface area contributed by atoms with Crippen molar-refractivity contribution in [2.24, 2.45) is 5.73 Å². The Balaban J connectivity index is 1.47. The first-order chi connectivity index (χ1) is 15.8. The van der Waals surface area contributed by atoms with Gasteiger partial charge in [-0.2, -0.15) is 5.10 Å². The molecule has 1 heterocycles. The van der Waals surface area contributed by atoms with Gasteiger partial charge in [0.1, 0.15) is 12.4 Å². The number of nitrogens with one attached hydrogen (secondary N) is 1. The second-order valence-corrected chi connectivity index (χ2v) is 8.39. The van der Waals surface area contributed by atoms with Crippen LogP contribution in [0.1, 0.15) is 35.3 Å². The molecule has 0 aliphatic heterocycles. The zero-order valence-corrected chi connectivity index (χ0v) is 18.5. The molecule has 1 aromatic heterocycles. The fraction of sp³-hybridized carbons (Fsp3) is 0.304. The molecule has 0 unspecified atom stereocenters. The first kappa shape index (κ1) is 22.7. The lowest BCUT2D eigenvalue weighted by atomic mass is 9.91. The summed E-state index contributed by atoms with van der Waals surface area (Å²) in [7, 11) is 0. The number of carbonyl (C=O) groups is 3. The molecule has 1 aliphatic rings. The average molecular weight is 472 g/mol. The van der Waals surface area contributed by atoms with Gasteiger partial charge in [0.15, 0.2) is 5.69 Å². The summed E-state index contributed by atoms with van der Waals surface area (Å²) in [6.07, 6.45) is 2.57. The van der Waals surface area contributed by atoms with Crippen LogP contribution in [0.4, 0.5) is 4.39 Å². The monoisotopic (exact) mass is 471 g/mol. The summed E-state index contributed by atoms with van der Waals surface area (Å²) in [6, 6.07) is 11.5. The minimum Gasteiger partial charge on any atom is -0.364 e. The van der Waals surface area contributed by atoms with Crippen LogP contribution < -0.4 is 11.1 Å². The first-order valence-electron chi connectivity index (χ1n) is 10.6. The largest absolute Gasteiger partial charge is 0.364 e. The van der Waals surface area contributed by atoms with E-state index in [9.17, 15) is 18.8 Å². The molecule has 8 nitrogen and oxygen atoms in total. The van der Waals surface area contributed by atoms with Gasteiger partial charge in [-0.15, -0.1) is 0 Å². The number of fused-ring (bicyclic) bond motifs is 1. The number of carbonyl (C=O) groups excluding carboxylic acids is 3. The third kappa shape index (κ3) is 4.83. The van der Waals surface area contributed by atoms with Crippen molar-refractivity contribution in [3.63, 3.8) is 0 Å². The number of para-hydroxylation sites is 1. The molecule has 2 aromatic carbocycles. The van der Waals surface area contributed by atoms with Gasteiger partial charge in [0.25, 0.3) is 5.91 Å². The van der Waals surface area contributed by atoms with Crippen LogP contribution in [-0.4, -0.2) is 45.0 Å². The summed E-state index contributed by atoms with van der Waals surface area (Å²) in [5, 5.41) is 7.43. The van der Waals surface area contributed by atoms with Crippen molar-refractivity contribution in [2.75, 3.05) is 6.54 Å². The van der Waals surface area contributed by atoms with E-state index in [1.807, 2.05) is 0 Å². The summed E-state index contributed by atoms with van der Waals surface area (Å²) in [4.78, 5) is 39.0. The van der Waals surface area contributed by atoms with Gasteiger partial charge in [0.2, 0.25) is 11.8 Å². The van der Waals surface area contributed by atoms with E-state index in [-0.39, 0.29) is 47.9 Å². The van der Waals surface area contributed by atoms with E-state index in [0.717, 1.165) is 19.3 Å². The molecule has 172 valence electrons. The van der Waals surface area contributed by atoms with E-state index >= 15 is 0 Å². The number of hydrogen-bond donors (Lipinski definition) is 2. The van der Waals surface area contributed by atoms with Gasteiger partial charge in [-0.25, -0.2) is 4.39 Å². The molecule has 4 rings (SSSR count). The Morgan fingerprint density at radius 2 is 1.94 bits per heavy atom. The van der Waals surface area contributed by atoms with Gasteiger partial charge in [-0.05, 0) is 31.4 Å². The van der Waals surface area contributed by atoms with Gasteiger partial charge in [-0.3, -0.25) is 19.1 Å². The molecule has 0 radical (unpaired) electrons. The van der Waals surface area contributed by atoms with E-state index in [4.69, 9.17) is 17.3 Å². The molecule has 3 aromatic rings. The van der Waals surface area contributed by atoms with E-state index in [1.165, 1.54) is 21.7 Å². The van der Waals surface area contributed by atoms with Crippen LogP contribution in [0.25, 0.3) is 10.9 Å². The van der Waals surface area contributed by atoms with E-state index in [2.05, 4.69) is 10.4 Å². The van der Waals surface area contributed by atoms with Crippen LogP contribution in [0.2, 0.25) is 5.02 Å². The standard InChI is InChI=1S/C23H23ClFN5O3/c24-17-9-3-5-14(21(17)25)11-27-19(31)12-29(15-6-4-7-15)20(32)13-30-18-10-2-1-8-16(18)22(28-30)23(26)33/h1-3,5,8-10,15H,4,6-7,11-13H2,(H2,26,33)(H,27,31). The maximum Gasteiger partial charge on any atom is 0.269 e. The number of benzene rings is 2. The molecular weight excluding hydrogens is 449 g/mol. The van der Waals surface area contributed by atoms with Crippen LogP contribution in [0.5, 0.6) is 0 Å². The summed E-state index contributed by atoms with van der Waals surface area (Å²) in [5.41, 5.74) is 6.39. The SMILES string of the molecule is NC(=O)c1nn(CC(=O)N(CC(=O)NCc2cccc(Cl)c2F)C2CCC2)c2ccccc12. The summed E-state index contributed by atoms with van der Waals surface area (Å²) >= 11 is 5.78. The van der Waals surface area contributed by atoms with Crippen molar-refractivity contribution in [2.45, 2.75) is 38.4 Å². The van der Waals surface area contributed by atoms with Gasteiger partial charge in [0, 0.05) is 23.5 Å². The second kappa shape index (κ2) is 9.58. The maximum absolute atomic E-state index is 14.1. The van der Waals surface area contributed by atoms with Crippen LogP contribution in [0.15, 0.2) is 42.5 Å². The van der Waals surface area contributed by atoms with Crippen LogP contribution in [0.3, 0.4) is 0 Å². The van der Waals surface area contributed by atoms with Crippen molar-refractivity contribution in [1.82, 2.24) is 20.0 Å². The first-order valence-corrected chi connectivity index (χ1v) is 11.0. The van der Waals surface area contributed by atoms with Crippen LogP contribution in [-0.2, 0) is 22.7 Å². The molecule has 10 heteroatoms. The highest BCUT2D eigenvalue weighted by atomic mass is 35.5. The Morgan fingerprint density at radius 3 is 2.64 bits per heavy atom. The van der Waals surface area contributed by atoms with Crippen molar-refractivity contribution in [3.8, 4) is 0 Å². The van der Waals surface area contributed by atoms with Crippen molar-refractivity contribution >= 4 is 40.2 Å². The summed E-state index contributed by atoms with van der Waals surface area (Å²) < 4.78 is 15.5. The van der Waals surface area contributed by atoms with Crippen molar-refractivity contribution in [1.29, 1.82) is 0 Å². The maximum atomic E-state index is 14.1. The lowest BCUT2D eigenvalue weighted by Gasteiger charge is -2.37. The highest BCUT2D eigenvalue weighted by Gasteiger charge is 2.31. The summed E-state index contributed by atoms with van der Waals surface area (Å²) in [5.74, 6) is -1.96. The molecule has 1 saturated carbocycles. The summed E-state index contributed by atoms with van der Waals surface area (Å²) in [6.45, 7) is -0.336. The predicted molar refractivity (Wildman–Crippen MR) is 121 cm³/mol. The Kier molecular flexibility index (Phi) is 6.60. The van der Waals surface area contributed by atoms with Gasteiger partial charge >= 0.3 is 0 Å². The highest BCUT2D eigenvalue weighted by Crippen LogP contribution is 2.26. The Bertz CT molecular complexity index is 1220. The van der Waals surface area contributed by atoms with Gasteiger partial charge in [0.05, 0.1) is 17.1 Å². The van der Waals surface area contributed by atoms with Gasteiger partial charge in [-0.1, -0.05) is 41.9 Å². The number of aromatic nitrogens is 2. The molecule has 33 heavy (non-hydrogen) atoms. The number of halogens is 2. The Labute approximate surface area is 194 Å². The number of nitrogens with zero attached hydrogens (tertiary/aromatic N) is 3. The van der Waals surface area contributed by atoms with Crippen LogP contribution >= 0.6 is 11.6 Å². The number of hydrogen-bond acceptors (Lipinski definition) is 4. The predicted octanol–water partition coefficient (Wildman–Crippen LogP) is 2.63. The average Bonchev–Trinajstić information content (AvgIpc) is 3.12. The highest BCUT2D eigenvalue weighted by molar-refractivity contribution is 6.30. The van der Waals surface area contributed by atoms with Crippen molar-refractivity contribution < 1.29 is 18.8 Å². The fourth-order valence-electron chi connectivity index (χ4n) is 3.86. The quantitative estimate of drug-likeness (QED) is 0.526. The molecule has 3 N–H and O–H groups in total. The Morgan fingerprint density at radius 1 is 1.18 bits per heavy atom. The molecule has 0 bridgehead atoms. The van der Waals surface area contributed by atoms with Crippen LogP contribution in [0, 0.1) is 5.82 Å². The second-order valence-electron chi connectivity index (χ2n) is 7.98. The van der Waals surface area contributed by atoms with E-state index in [0.29, 0.717) is 10.9 Å². The fourth-order valence-corrected chi connectivity index (χ4v) is 4.05. The third-order valence-corrected chi connectivity index (χ3v) is 6.13. The molecule has 0 atom stereocenters. The number of primary amides is 1. The minimum absolute atomic E-state index is 0.0187. The lowest BCUT2D eigenvalue weighted by molar-refractivity contribution is -0.140. The molecular formula is C23H23ClFN5O3. The van der Waals surface area contributed by atoms with E-state index < -0.39 is 17.6 Å². The molecule has 3 amide bonds. The Hall–Kier alpha value is -3.46. The topological polar surface area (TPSA) is 110 Å². The van der Waals surface area contributed by atoms with E-state index in [1.54, 1.807) is 30.3 Å². The smallest absolute Gasteiger partial charge is 0.269 e. The number of amides is 3. The number of rotatable bonds is 8.